The van der Waals surface area contributed by atoms with Gasteiger partial charge in [-0.15, -0.1) is 11.8 Å². The van der Waals surface area contributed by atoms with Crippen LogP contribution >= 0.6 is 46.6 Å². The van der Waals surface area contributed by atoms with Gasteiger partial charge in [0.2, 0.25) is 11.8 Å². The van der Waals surface area contributed by atoms with E-state index < -0.39 is 6.04 Å². The molecule has 0 aliphatic heterocycles. The summed E-state index contributed by atoms with van der Waals surface area (Å²) in [6.45, 7) is 2.11. The highest BCUT2D eigenvalue weighted by molar-refractivity contribution is 7.99. The Morgan fingerprint density at radius 1 is 1.06 bits per heavy atom. The molecule has 3 rings (SSSR count). The SMILES string of the molecule is CCC(C(=O)NC1CCCC1)N(Cc1c(Cl)cccc1Cl)C(=O)CSCc1ccc(Cl)cc1. The number of hydrogen-bond donors (Lipinski definition) is 1. The summed E-state index contributed by atoms with van der Waals surface area (Å²) in [4.78, 5) is 28.2. The zero-order valence-electron chi connectivity index (χ0n) is 18.7. The Hall–Kier alpha value is -1.40. The van der Waals surface area contributed by atoms with Gasteiger partial charge in [-0.1, -0.05) is 72.8 Å². The Kier molecular flexibility index (Phi) is 10.2. The summed E-state index contributed by atoms with van der Waals surface area (Å²) in [6, 6.07) is 12.5. The molecule has 0 heterocycles. The second-order valence-corrected chi connectivity index (χ2v) is 10.5. The van der Waals surface area contributed by atoms with Crippen molar-refractivity contribution in [3.8, 4) is 0 Å². The van der Waals surface area contributed by atoms with Crippen molar-refractivity contribution in [3.63, 3.8) is 0 Å². The molecule has 1 fully saturated rings. The summed E-state index contributed by atoms with van der Waals surface area (Å²) >= 11 is 20.3. The highest BCUT2D eigenvalue weighted by Crippen LogP contribution is 2.28. The first-order chi connectivity index (χ1) is 15.9. The standard InChI is InChI=1S/C25H29Cl3N2O2S/c1-2-23(25(32)29-19-6-3-4-7-19)30(14-20-21(27)8-5-9-22(20)28)24(31)16-33-15-17-10-12-18(26)13-11-17/h5,8-13,19,23H,2-4,6-7,14-16H2,1H3,(H,29,32). The fourth-order valence-corrected chi connectivity index (χ4v) is 5.57. The molecule has 1 unspecified atom stereocenters. The maximum absolute atomic E-state index is 13.4. The summed E-state index contributed by atoms with van der Waals surface area (Å²) in [6.07, 6.45) is 4.74. The van der Waals surface area contributed by atoms with E-state index in [9.17, 15) is 9.59 Å². The van der Waals surface area contributed by atoms with Gasteiger partial charge >= 0.3 is 0 Å². The Bertz CT molecular complexity index is 929. The lowest BCUT2D eigenvalue weighted by Gasteiger charge is -2.32. The van der Waals surface area contributed by atoms with Crippen LogP contribution in [-0.4, -0.2) is 34.6 Å². The smallest absolute Gasteiger partial charge is 0.243 e. The van der Waals surface area contributed by atoms with E-state index in [1.807, 2.05) is 31.2 Å². The summed E-state index contributed by atoms with van der Waals surface area (Å²) in [5.74, 6) is 0.703. The van der Waals surface area contributed by atoms with Gasteiger partial charge < -0.3 is 10.2 Å². The monoisotopic (exact) mass is 526 g/mol. The number of hydrogen-bond acceptors (Lipinski definition) is 3. The number of halogens is 3. The molecule has 1 atom stereocenters. The minimum absolute atomic E-state index is 0.108. The number of nitrogens with zero attached hydrogens (tertiary/aromatic N) is 1. The molecule has 1 saturated carbocycles. The van der Waals surface area contributed by atoms with Crippen LogP contribution in [0.25, 0.3) is 0 Å². The molecule has 0 saturated heterocycles. The highest BCUT2D eigenvalue weighted by atomic mass is 35.5. The second-order valence-electron chi connectivity index (χ2n) is 8.26. The van der Waals surface area contributed by atoms with Crippen molar-refractivity contribution >= 4 is 58.4 Å². The van der Waals surface area contributed by atoms with Crippen molar-refractivity contribution in [1.29, 1.82) is 0 Å². The molecule has 2 aromatic rings. The zero-order chi connectivity index (χ0) is 23.8. The van der Waals surface area contributed by atoms with Crippen LogP contribution < -0.4 is 5.32 Å². The van der Waals surface area contributed by atoms with Crippen LogP contribution in [0.3, 0.4) is 0 Å². The van der Waals surface area contributed by atoms with Crippen LogP contribution in [0.4, 0.5) is 0 Å². The molecule has 0 spiro atoms. The molecule has 0 bridgehead atoms. The number of amides is 2. The first-order valence-corrected chi connectivity index (χ1v) is 13.5. The van der Waals surface area contributed by atoms with E-state index in [1.54, 1.807) is 23.1 Å². The van der Waals surface area contributed by atoms with E-state index in [0.29, 0.717) is 32.8 Å². The molecular weight excluding hydrogens is 499 g/mol. The van der Waals surface area contributed by atoms with Gasteiger partial charge in [-0.2, -0.15) is 0 Å². The van der Waals surface area contributed by atoms with Crippen molar-refractivity contribution in [1.82, 2.24) is 10.2 Å². The molecule has 2 aromatic carbocycles. The Labute approximate surface area is 215 Å². The van der Waals surface area contributed by atoms with Crippen molar-refractivity contribution < 1.29 is 9.59 Å². The third kappa shape index (κ3) is 7.54. The average Bonchev–Trinajstić information content (AvgIpc) is 3.30. The predicted octanol–water partition coefficient (Wildman–Crippen LogP) is 6.75. The molecule has 1 N–H and O–H groups in total. The molecule has 1 aliphatic rings. The molecule has 178 valence electrons. The van der Waals surface area contributed by atoms with E-state index in [-0.39, 0.29) is 30.2 Å². The van der Waals surface area contributed by atoms with Gasteiger partial charge in [0.15, 0.2) is 0 Å². The van der Waals surface area contributed by atoms with Crippen molar-refractivity contribution in [2.75, 3.05) is 5.75 Å². The number of rotatable bonds is 10. The van der Waals surface area contributed by atoms with E-state index in [2.05, 4.69) is 5.32 Å². The Morgan fingerprint density at radius 2 is 1.70 bits per heavy atom. The zero-order valence-corrected chi connectivity index (χ0v) is 21.7. The lowest BCUT2D eigenvalue weighted by molar-refractivity contribution is -0.139. The molecule has 8 heteroatoms. The highest BCUT2D eigenvalue weighted by Gasteiger charge is 2.31. The molecule has 1 aliphatic carbocycles. The van der Waals surface area contributed by atoms with Gasteiger partial charge in [0, 0.05) is 39.0 Å². The van der Waals surface area contributed by atoms with Crippen molar-refractivity contribution in [2.45, 2.75) is 63.4 Å². The topological polar surface area (TPSA) is 49.4 Å². The third-order valence-corrected chi connectivity index (χ3v) is 7.83. The molecular formula is C25H29Cl3N2O2S. The third-order valence-electron chi connectivity index (χ3n) is 5.89. The van der Waals surface area contributed by atoms with E-state index in [0.717, 1.165) is 31.2 Å². The van der Waals surface area contributed by atoms with Gasteiger partial charge in [0.25, 0.3) is 0 Å². The van der Waals surface area contributed by atoms with Crippen molar-refractivity contribution in [2.24, 2.45) is 0 Å². The fourth-order valence-electron chi connectivity index (χ4n) is 4.06. The fraction of sp³-hybridized carbons (Fsp3) is 0.440. The van der Waals surface area contributed by atoms with Crippen LogP contribution in [0.15, 0.2) is 42.5 Å². The number of benzene rings is 2. The van der Waals surface area contributed by atoms with Gasteiger partial charge in [-0.25, -0.2) is 0 Å². The molecule has 2 amide bonds. The first-order valence-electron chi connectivity index (χ1n) is 11.2. The lowest BCUT2D eigenvalue weighted by atomic mass is 10.1. The molecule has 0 radical (unpaired) electrons. The summed E-state index contributed by atoms with van der Waals surface area (Å²) in [7, 11) is 0. The van der Waals surface area contributed by atoms with Gasteiger partial charge in [-0.3, -0.25) is 9.59 Å². The molecule has 4 nitrogen and oxygen atoms in total. The van der Waals surface area contributed by atoms with Crippen LogP contribution in [0.2, 0.25) is 15.1 Å². The largest absolute Gasteiger partial charge is 0.352 e. The second kappa shape index (κ2) is 12.9. The average molecular weight is 528 g/mol. The normalized spacial score (nSPS) is 14.8. The van der Waals surface area contributed by atoms with Crippen LogP contribution in [-0.2, 0) is 21.9 Å². The number of nitrogens with one attached hydrogen (secondary N) is 1. The summed E-state index contributed by atoms with van der Waals surface area (Å²) < 4.78 is 0. The van der Waals surface area contributed by atoms with E-state index in [1.165, 1.54) is 11.8 Å². The summed E-state index contributed by atoms with van der Waals surface area (Å²) in [5.41, 5.74) is 1.74. The van der Waals surface area contributed by atoms with E-state index >= 15 is 0 Å². The van der Waals surface area contributed by atoms with Gasteiger partial charge in [0.05, 0.1) is 5.75 Å². The van der Waals surface area contributed by atoms with E-state index in [4.69, 9.17) is 34.8 Å². The Balaban J connectivity index is 1.74. The van der Waals surface area contributed by atoms with Crippen LogP contribution in [0, 0.1) is 0 Å². The van der Waals surface area contributed by atoms with Crippen LogP contribution in [0.5, 0.6) is 0 Å². The number of carbonyl (C=O) groups excluding carboxylic acids is 2. The number of thioether (sulfide) groups is 1. The first kappa shape index (κ1) is 26.2. The Morgan fingerprint density at radius 3 is 2.30 bits per heavy atom. The van der Waals surface area contributed by atoms with Crippen molar-refractivity contribution in [3.05, 3.63) is 68.7 Å². The molecule has 33 heavy (non-hydrogen) atoms. The predicted molar refractivity (Wildman–Crippen MR) is 139 cm³/mol. The van der Waals surface area contributed by atoms with Gasteiger partial charge in [0.1, 0.15) is 6.04 Å². The maximum Gasteiger partial charge on any atom is 0.243 e. The minimum Gasteiger partial charge on any atom is -0.352 e. The van der Waals surface area contributed by atoms with Gasteiger partial charge in [-0.05, 0) is 49.1 Å². The maximum atomic E-state index is 13.4. The van der Waals surface area contributed by atoms with Crippen LogP contribution in [0.1, 0.15) is 50.2 Å². The number of carbonyl (C=O) groups is 2. The minimum atomic E-state index is -0.582. The molecule has 0 aromatic heterocycles. The quantitative estimate of drug-likeness (QED) is 0.372. The summed E-state index contributed by atoms with van der Waals surface area (Å²) in [5, 5.41) is 4.80. The lowest BCUT2D eigenvalue weighted by Crippen LogP contribution is -2.51.